The zero-order valence-electron chi connectivity index (χ0n) is 17.4. The molecule has 1 aromatic heterocycles. The van der Waals surface area contributed by atoms with Crippen molar-refractivity contribution in [3.8, 4) is 0 Å². The van der Waals surface area contributed by atoms with Gasteiger partial charge in [-0.2, -0.15) is 0 Å². The number of hydrogen-bond acceptors (Lipinski definition) is 6. The van der Waals surface area contributed by atoms with Gasteiger partial charge in [-0.25, -0.2) is 14.6 Å². The molecule has 0 saturated carbocycles. The number of thiazole rings is 1. The highest BCUT2D eigenvalue weighted by Crippen LogP contribution is 2.30. The molecule has 1 aliphatic heterocycles. The lowest BCUT2D eigenvalue weighted by Gasteiger charge is -2.24. The van der Waals surface area contributed by atoms with E-state index in [9.17, 15) is 14.4 Å². The molecule has 7 nitrogen and oxygen atoms in total. The number of aromatic nitrogens is 1. The highest BCUT2D eigenvalue weighted by Gasteiger charge is 2.33. The third-order valence-corrected chi connectivity index (χ3v) is 6.07. The Morgan fingerprint density at radius 2 is 1.84 bits per heavy atom. The molecule has 3 aromatic rings. The van der Waals surface area contributed by atoms with Crippen molar-refractivity contribution in [1.29, 1.82) is 0 Å². The quantitative estimate of drug-likeness (QED) is 0.605. The molecule has 162 valence electrons. The van der Waals surface area contributed by atoms with Crippen molar-refractivity contribution in [3.05, 3.63) is 102 Å². The monoisotopic (exact) mass is 448 g/mol. The van der Waals surface area contributed by atoms with Crippen LogP contribution < -0.4 is 14.9 Å². The van der Waals surface area contributed by atoms with E-state index in [0.717, 1.165) is 5.56 Å². The van der Waals surface area contributed by atoms with Gasteiger partial charge in [-0.1, -0.05) is 53.8 Å². The van der Waals surface area contributed by atoms with Gasteiger partial charge in [0.1, 0.15) is 0 Å². The fourth-order valence-corrected chi connectivity index (χ4v) is 4.66. The van der Waals surface area contributed by atoms with Crippen LogP contribution in [0.4, 0.5) is 0 Å². The Bertz CT molecular complexity index is 1400. The highest BCUT2D eigenvalue weighted by atomic mass is 32.1. The van der Waals surface area contributed by atoms with Crippen LogP contribution in [0.15, 0.2) is 75.7 Å². The van der Waals surface area contributed by atoms with E-state index in [1.165, 1.54) is 28.0 Å². The summed E-state index contributed by atoms with van der Waals surface area (Å²) in [5, 5.41) is 9.07. The lowest BCUT2D eigenvalue weighted by Crippen LogP contribution is -2.39. The number of benzene rings is 2. The normalized spacial score (nSPS) is 15.8. The van der Waals surface area contributed by atoms with Crippen LogP contribution >= 0.6 is 11.3 Å². The van der Waals surface area contributed by atoms with Crippen LogP contribution in [0.5, 0.6) is 0 Å². The van der Waals surface area contributed by atoms with Gasteiger partial charge in [0.15, 0.2) is 4.80 Å². The number of ether oxygens (including phenoxy) is 1. The lowest BCUT2D eigenvalue weighted by molar-refractivity contribution is -0.139. The minimum Gasteiger partial charge on any atom is -0.478 e. The van der Waals surface area contributed by atoms with Crippen molar-refractivity contribution in [1.82, 2.24) is 4.57 Å². The van der Waals surface area contributed by atoms with Crippen molar-refractivity contribution in [2.24, 2.45) is 4.99 Å². The third kappa shape index (κ3) is 3.92. The number of allylic oxidation sites excluding steroid dienone is 1. The minimum absolute atomic E-state index is 0.169. The summed E-state index contributed by atoms with van der Waals surface area (Å²) in [7, 11) is 0. The molecule has 8 heteroatoms. The van der Waals surface area contributed by atoms with E-state index in [4.69, 9.17) is 9.84 Å². The molecule has 2 aromatic carbocycles. The van der Waals surface area contributed by atoms with Crippen molar-refractivity contribution in [3.63, 3.8) is 0 Å². The van der Waals surface area contributed by atoms with Gasteiger partial charge in [0.25, 0.3) is 5.56 Å². The minimum atomic E-state index is -1.01. The third-order valence-electron chi connectivity index (χ3n) is 5.09. The number of carbonyl (C=O) groups excluding carboxylic acids is 1. The number of hydrogen-bond donors (Lipinski definition) is 1. The predicted molar refractivity (Wildman–Crippen MR) is 120 cm³/mol. The predicted octanol–water partition coefficient (Wildman–Crippen LogP) is 2.50. The fourth-order valence-electron chi connectivity index (χ4n) is 3.62. The first-order chi connectivity index (χ1) is 15.4. The number of rotatable bonds is 5. The summed E-state index contributed by atoms with van der Waals surface area (Å²) < 4.78 is 7.23. The molecule has 0 saturated heterocycles. The van der Waals surface area contributed by atoms with Crippen LogP contribution in [-0.2, 0) is 9.53 Å². The molecular formula is C24H20N2O5S. The number of esters is 1. The average molecular weight is 449 g/mol. The zero-order valence-corrected chi connectivity index (χ0v) is 18.3. The Hall–Kier alpha value is -3.78. The van der Waals surface area contributed by atoms with Gasteiger partial charge in [-0.3, -0.25) is 9.36 Å². The molecule has 0 unspecified atom stereocenters. The van der Waals surface area contributed by atoms with E-state index >= 15 is 0 Å². The summed E-state index contributed by atoms with van der Waals surface area (Å²) in [5.41, 5.74) is 2.21. The number of carbonyl (C=O) groups is 2. The second-order valence-electron chi connectivity index (χ2n) is 7.14. The number of carboxylic acid groups (broad SMARTS) is 1. The van der Waals surface area contributed by atoms with Gasteiger partial charge in [-0.15, -0.1) is 0 Å². The molecular weight excluding hydrogens is 428 g/mol. The fraction of sp³-hybridized carbons (Fsp3) is 0.167. The molecule has 1 aliphatic rings. The van der Waals surface area contributed by atoms with E-state index in [2.05, 4.69) is 4.99 Å². The smallest absolute Gasteiger partial charge is 0.338 e. The summed E-state index contributed by atoms with van der Waals surface area (Å²) in [6.45, 7) is 3.69. The molecule has 32 heavy (non-hydrogen) atoms. The Labute approximate surface area is 187 Å². The van der Waals surface area contributed by atoms with Crippen LogP contribution in [0.1, 0.15) is 41.4 Å². The van der Waals surface area contributed by atoms with Crippen LogP contribution in [0.3, 0.4) is 0 Å². The first-order valence-electron chi connectivity index (χ1n) is 9.98. The van der Waals surface area contributed by atoms with Crippen LogP contribution in [-0.4, -0.2) is 28.2 Å². The molecule has 0 amide bonds. The molecule has 4 rings (SSSR count). The van der Waals surface area contributed by atoms with Gasteiger partial charge in [0.2, 0.25) is 0 Å². The second kappa shape index (κ2) is 8.76. The van der Waals surface area contributed by atoms with Crippen LogP contribution in [0.2, 0.25) is 0 Å². The second-order valence-corrected chi connectivity index (χ2v) is 8.15. The van der Waals surface area contributed by atoms with Gasteiger partial charge in [-0.05, 0) is 43.2 Å². The highest BCUT2D eigenvalue weighted by molar-refractivity contribution is 7.07. The summed E-state index contributed by atoms with van der Waals surface area (Å²) in [6, 6.07) is 14.9. The number of fused-ring (bicyclic) bond motifs is 1. The number of nitrogens with zero attached hydrogens (tertiary/aromatic N) is 2. The maximum atomic E-state index is 13.4. The average Bonchev–Trinajstić information content (AvgIpc) is 3.08. The molecule has 1 N–H and O–H groups in total. The maximum absolute atomic E-state index is 13.4. The van der Waals surface area contributed by atoms with Gasteiger partial charge in [0.05, 0.1) is 34.0 Å². The Kier molecular flexibility index (Phi) is 5.87. The van der Waals surface area contributed by atoms with Crippen LogP contribution in [0, 0.1) is 0 Å². The summed E-state index contributed by atoms with van der Waals surface area (Å²) in [4.78, 5) is 42.3. The van der Waals surface area contributed by atoms with Crippen molar-refractivity contribution < 1.29 is 19.4 Å². The van der Waals surface area contributed by atoms with E-state index in [1.54, 1.807) is 32.1 Å². The summed E-state index contributed by atoms with van der Waals surface area (Å²) >= 11 is 1.22. The van der Waals surface area contributed by atoms with Gasteiger partial charge >= 0.3 is 11.9 Å². The Morgan fingerprint density at radius 3 is 2.47 bits per heavy atom. The molecule has 0 fully saturated rings. The summed E-state index contributed by atoms with van der Waals surface area (Å²) in [6.07, 6.45) is 1.70. The molecule has 0 bridgehead atoms. The molecule has 0 spiro atoms. The van der Waals surface area contributed by atoms with E-state index in [-0.39, 0.29) is 17.7 Å². The topological polar surface area (TPSA) is 98.0 Å². The van der Waals surface area contributed by atoms with E-state index in [1.807, 2.05) is 30.3 Å². The van der Waals surface area contributed by atoms with Crippen molar-refractivity contribution in [2.45, 2.75) is 19.9 Å². The standard InChI is InChI=1S/C24H20N2O5S/c1-3-31-23(30)19-14(2)25-24-26(20(19)16-7-5-4-6-8-16)21(27)18(32-24)13-15-9-11-17(12-10-15)22(28)29/h4-13,20H,3H2,1-2H3,(H,28,29)/b18-13-/t20-/m0/s1. The molecule has 0 radical (unpaired) electrons. The lowest BCUT2D eigenvalue weighted by atomic mass is 9.96. The first-order valence-corrected chi connectivity index (χ1v) is 10.8. The molecule has 1 atom stereocenters. The number of aromatic carboxylic acids is 1. The van der Waals surface area contributed by atoms with Crippen LogP contribution in [0.25, 0.3) is 6.08 Å². The zero-order chi connectivity index (χ0) is 22.8. The van der Waals surface area contributed by atoms with E-state index in [0.29, 0.717) is 26.2 Å². The molecule has 2 heterocycles. The SMILES string of the molecule is CCOC(=O)C1=C(C)N=c2s/c(=C\c3ccc(C(=O)O)cc3)c(=O)n2[C@H]1c1ccccc1. The maximum Gasteiger partial charge on any atom is 0.338 e. The van der Waals surface area contributed by atoms with Crippen molar-refractivity contribution >= 4 is 29.4 Å². The summed E-state index contributed by atoms with van der Waals surface area (Å²) in [5.74, 6) is -1.51. The Morgan fingerprint density at radius 1 is 1.16 bits per heavy atom. The number of carboxylic acids is 1. The Balaban J connectivity index is 1.90. The van der Waals surface area contributed by atoms with Gasteiger partial charge < -0.3 is 9.84 Å². The largest absolute Gasteiger partial charge is 0.478 e. The first kappa shape index (κ1) is 21.5. The molecule has 0 aliphatic carbocycles. The van der Waals surface area contributed by atoms with E-state index < -0.39 is 18.0 Å². The van der Waals surface area contributed by atoms with Gasteiger partial charge in [0, 0.05) is 0 Å². The van der Waals surface area contributed by atoms with Crippen molar-refractivity contribution in [2.75, 3.05) is 6.61 Å².